The lowest BCUT2D eigenvalue weighted by atomic mass is 10.2. The topological polar surface area (TPSA) is 49.9 Å². The van der Waals surface area contributed by atoms with Crippen LogP contribution in [0.15, 0.2) is 30.3 Å². The van der Waals surface area contributed by atoms with Crippen LogP contribution in [0, 0.1) is 0 Å². The van der Waals surface area contributed by atoms with E-state index < -0.39 is 10.0 Å². The molecule has 2 fully saturated rings. The first-order chi connectivity index (χ1) is 9.65. The Morgan fingerprint density at radius 1 is 1.15 bits per heavy atom. The number of morpholine rings is 1. The molecule has 6 heteroatoms. The monoisotopic (exact) mass is 296 g/mol. The molecule has 2 saturated heterocycles. The average Bonchev–Trinajstić information content (AvgIpc) is 2.47. The smallest absolute Gasteiger partial charge is 0.218 e. The molecule has 20 heavy (non-hydrogen) atoms. The zero-order valence-corrected chi connectivity index (χ0v) is 12.3. The highest BCUT2D eigenvalue weighted by Crippen LogP contribution is 2.18. The molecule has 1 aromatic carbocycles. The minimum absolute atomic E-state index is 0.0847. The van der Waals surface area contributed by atoms with Gasteiger partial charge in [0.25, 0.3) is 0 Å². The summed E-state index contributed by atoms with van der Waals surface area (Å²) < 4.78 is 32.1. The Morgan fingerprint density at radius 3 is 2.75 bits per heavy atom. The summed E-state index contributed by atoms with van der Waals surface area (Å²) in [5, 5.41) is 0. The van der Waals surface area contributed by atoms with Crippen LogP contribution in [0.2, 0.25) is 0 Å². The van der Waals surface area contributed by atoms with Gasteiger partial charge in [-0.1, -0.05) is 30.3 Å². The fourth-order valence-corrected chi connectivity index (χ4v) is 4.40. The van der Waals surface area contributed by atoms with Gasteiger partial charge in [0, 0.05) is 32.2 Å². The molecule has 2 heterocycles. The molecule has 1 unspecified atom stereocenters. The van der Waals surface area contributed by atoms with Crippen molar-refractivity contribution in [2.24, 2.45) is 0 Å². The molecule has 0 saturated carbocycles. The second-order valence-corrected chi connectivity index (χ2v) is 7.33. The van der Waals surface area contributed by atoms with E-state index in [0.29, 0.717) is 19.7 Å². The van der Waals surface area contributed by atoms with E-state index in [0.717, 1.165) is 25.3 Å². The fraction of sp³-hybridized carbons (Fsp3) is 0.571. The average molecular weight is 296 g/mol. The second-order valence-electron chi connectivity index (χ2n) is 5.36. The van der Waals surface area contributed by atoms with Crippen LogP contribution in [0.5, 0.6) is 0 Å². The fourth-order valence-electron chi connectivity index (χ4n) is 2.85. The number of benzene rings is 1. The number of piperazine rings is 1. The van der Waals surface area contributed by atoms with Crippen LogP contribution >= 0.6 is 0 Å². The van der Waals surface area contributed by atoms with Gasteiger partial charge in [-0.25, -0.2) is 8.42 Å². The Balaban J connectivity index is 1.69. The van der Waals surface area contributed by atoms with E-state index in [4.69, 9.17) is 4.74 Å². The number of ether oxygens (including phenoxy) is 1. The standard InChI is InChI=1S/C14H20N2O3S/c17-20(18,12-13-4-2-1-3-5-13)16-7-6-15-8-9-19-11-14(15)10-16/h1-5,14H,6-12H2. The SMILES string of the molecule is O=S(=O)(Cc1ccccc1)N1CCN2CCOCC2C1. The largest absolute Gasteiger partial charge is 0.378 e. The van der Waals surface area contributed by atoms with Gasteiger partial charge in [-0.05, 0) is 5.56 Å². The summed E-state index contributed by atoms with van der Waals surface area (Å²) in [6.45, 7) is 4.25. The summed E-state index contributed by atoms with van der Waals surface area (Å²) >= 11 is 0. The Bertz CT molecular complexity index is 547. The zero-order valence-electron chi connectivity index (χ0n) is 11.4. The van der Waals surface area contributed by atoms with E-state index in [1.807, 2.05) is 30.3 Å². The summed E-state index contributed by atoms with van der Waals surface area (Å²) in [7, 11) is -3.24. The van der Waals surface area contributed by atoms with E-state index in [-0.39, 0.29) is 11.8 Å². The first-order valence-corrected chi connectivity index (χ1v) is 8.59. The van der Waals surface area contributed by atoms with Gasteiger partial charge in [0.05, 0.1) is 19.0 Å². The van der Waals surface area contributed by atoms with Gasteiger partial charge >= 0.3 is 0 Å². The molecule has 0 radical (unpaired) electrons. The van der Waals surface area contributed by atoms with Gasteiger partial charge in [-0.2, -0.15) is 4.31 Å². The lowest BCUT2D eigenvalue weighted by Crippen LogP contribution is -2.59. The number of rotatable bonds is 3. The highest BCUT2D eigenvalue weighted by Gasteiger charge is 2.34. The predicted molar refractivity (Wildman–Crippen MR) is 76.8 cm³/mol. The molecule has 0 bridgehead atoms. The highest BCUT2D eigenvalue weighted by atomic mass is 32.2. The van der Waals surface area contributed by atoms with E-state index in [9.17, 15) is 8.42 Å². The van der Waals surface area contributed by atoms with Crippen molar-refractivity contribution in [1.82, 2.24) is 9.21 Å². The van der Waals surface area contributed by atoms with Crippen molar-refractivity contribution in [3.05, 3.63) is 35.9 Å². The number of fused-ring (bicyclic) bond motifs is 1. The van der Waals surface area contributed by atoms with Gasteiger partial charge in [-0.15, -0.1) is 0 Å². The van der Waals surface area contributed by atoms with Crippen LogP contribution in [0.1, 0.15) is 5.56 Å². The third-order valence-corrected chi connectivity index (χ3v) is 5.80. The lowest BCUT2D eigenvalue weighted by Gasteiger charge is -2.43. The van der Waals surface area contributed by atoms with Gasteiger partial charge in [-0.3, -0.25) is 4.90 Å². The van der Waals surface area contributed by atoms with Crippen molar-refractivity contribution in [2.45, 2.75) is 11.8 Å². The number of nitrogens with zero attached hydrogens (tertiary/aromatic N) is 2. The molecular formula is C14H20N2O3S. The summed E-state index contributed by atoms with van der Waals surface area (Å²) in [6, 6.07) is 9.57. The second kappa shape index (κ2) is 5.81. The minimum Gasteiger partial charge on any atom is -0.378 e. The summed E-state index contributed by atoms with van der Waals surface area (Å²) in [5.74, 6) is 0.0847. The van der Waals surface area contributed by atoms with E-state index in [1.54, 1.807) is 4.31 Å². The van der Waals surface area contributed by atoms with Gasteiger partial charge in [0.15, 0.2) is 0 Å². The molecule has 0 N–H and O–H groups in total. The third-order valence-electron chi connectivity index (χ3n) is 3.99. The van der Waals surface area contributed by atoms with Gasteiger partial charge in [0.2, 0.25) is 10.0 Å². The number of hydrogen-bond acceptors (Lipinski definition) is 4. The van der Waals surface area contributed by atoms with Crippen LogP contribution in [-0.2, 0) is 20.5 Å². The molecule has 3 rings (SSSR count). The molecular weight excluding hydrogens is 276 g/mol. The molecule has 0 aliphatic carbocycles. The molecule has 110 valence electrons. The zero-order chi connectivity index (χ0) is 14.0. The quantitative estimate of drug-likeness (QED) is 0.816. The van der Waals surface area contributed by atoms with Gasteiger partial charge < -0.3 is 4.74 Å². The molecule has 0 aromatic heterocycles. The van der Waals surface area contributed by atoms with Crippen molar-refractivity contribution in [3.8, 4) is 0 Å². The van der Waals surface area contributed by atoms with Crippen LogP contribution < -0.4 is 0 Å². The normalized spacial score (nSPS) is 25.3. The van der Waals surface area contributed by atoms with Gasteiger partial charge in [0.1, 0.15) is 0 Å². The van der Waals surface area contributed by atoms with Crippen LogP contribution in [-0.4, -0.2) is 63.1 Å². The number of sulfonamides is 1. The third kappa shape index (κ3) is 3.03. The van der Waals surface area contributed by atoms with Crippen molar-refractivity contribution < 1.29 is 13.2 Å². The molecule has 2 aliphatic rings. The Morgan fingerprint density at radius 2 is 1.95 bits per heavy atom. The summed E-state index contributed by atoms with van der Waals surface area (Å²) in [4.78, 5) is 2.33. The molecule has 5 nitrogen and oxygen atoms in total. The first-order valence-electron chi connectivity index (χ1n) is 6.99. The lowest BCUT2D eigenvalue weighted by molar-refractivity contribution is -0.0305. The predicted octanol–water partition coefficient (Wildman–Crippen LogP) is 0.533. The first kappa shape index (κ1) is 14.0. The molecule has 1 aromatic rings. The van der Waals surface area contributed by atoms with Crippen molar-refractivity contribution in [2.75, 3.05) is 39.4 Å². The summed E-state index contributed by atoms with van der Waals surface area (Å²) in [6.07, 6.45) is 0. The van der Waals surface area contributed by atoms with Crippen molar-refractivity contribution in [1.29, 1.82) is 0 Å². The van der Waals surface area contributed by atoms with Crippen LogP contribution in [0.25, 0.3) is 0 Å². The molecule has 1 atom stereocenters. The van der Waals surface area contributed by atoms with E-state index in [1.165, 1.54) is 0 Å². The maximum atomic E-state index is 12.5. The summed E-state index contributed by atoms with van der Waals surface area (Å²) in [5.41, 5.74) is 0.842. The van der Waals surface area contributed by atoms with Crippen LogP contribution in [0.4, 0.5) is 0 Å². The maximum absolute atomic E-state index is 12.5. The molecule has 0 amide bonds. The highest BCUT2D eigenvalue weighted by molar-refractivity contribution is 7.88. The molecule has 2 aliphatic heterocycles. The Labute approximate surface area is 120 Å². The Hall–Kier alpha value is -0.950. The van der Waals surface area contributed by atoms with E-state index in [2.05, 4.69) is 4.90 Å². The molecule has 0 spiro atoms. The van der Waals surface area contributed by atoms with Crippen molar-refractivity contribution >= 4 is 10.0 Å². The number of hydrogen-bond donors (Lipinski definition) is 0. The minimum atomic E-state index is -3.24. The van der Waals surface area contributed by atoms with Crippen molar-refractivity contribution in [3.63, 3.8) is 0 Å². The van der Waals surface area contributed by atoms with E-state index >= 15 is 0 Å². The Kier molecular flexibility index (Phi) is 4.07. The maximum Gasteiger partial charge on any atom is 0.218 e. The van der Waals surface area contributed by atoms with Crippen LogP contribution in [0.3, 0.4) is 0 Å².